The van der Waals surface area contributed by atoms with E-state index in [0.29, 0.717) is 0 Å². The van der Waals surface area contributed by atoms with Gasteiger partial charge in [0.25, 0.3) is 5.69 Å². The largest absolute Gasteiger partial charge is 0.272 e. The molecule has 110 valence electrons. The summed E-state index contributed by atoms with van der Waals surface area (Å²) >= 11 is 0. The van der Waals surface area contributed by atoms with Gasteiger partial charge in [-0.3, -0.25) is 10.1 Å². The molecule has 3 aromatic rings. The highest BCUT2D eigenvalue weighted by atomic mass is 16.6. The van der Waals surface area contributed by atoms with E-state index in [9.17, 15) is 10.1 Å². The molecule has 0 fully saturated rings. The number of hydrogen-bond donors (Lipinski definition) is 0. The standard InChI is InChI=1S/C19H17NO2/c1-13(2)18-12-17(9-10-19(18)20(21)22)16-8-7-14-5-3-4-6-15(14)11-16/h3-13H,1-2H3. The van der Waals surface area contributed by atoms with Gasteiger partial charge in [0, 0.05) is 11.6 Å². The Morgan fingerprint density at radius 1 is 0.864 bits per heavy atom. The average molecular weight is 291 g/mol. The minimum atomic E-state index is -0.306. The second kappa shape index (κ2) is 5.60. The molecule has 0 aromatic heterocycles. The van der Waals surface area contributed by atoms with Crippen molar-refractivity contribution in [2.75, 3.05) is 0 Å². The van der Waals surface area contributed by atoms with E-state index in [0.717, 1.165) is 16.7 Å². The Morgan fingerprint density at radius 3 is 2.18 bits per heavy atom. The van der Waals surface area contributed by atoms with Crippen LogP contribution in [-0.2, 0) is 0 Å². The van der Waals surface area contributed by atoms with E-state index in [1.54, 1.807) is 6.07 Å². The van der Waals surface area contributed by atoms with Gasteiger partial charge in [-0.25, -0.2) is 0 Å². The molecule has 0 radical (unpaired) electrons. The van der Waals surface area contributed by atoms with Crippen molar-refractivity contribution >= 4 is 16.5 Å². The monoisotopic (exact) mass is 291 g/mol. The predicted octanol–water partition coefficient (Wildman–Crippen LogP) is 5.54. The van der Waals surface area contributed by atoms with Crippen LogP contribution in [0.15, 0.2) is 60.7 Å². The van der Waals surface area contributed by atoms with Crippen molar-refractivity contribution in [3.8, 4) is 11.1 Å². The highest BCUT2D eigenvalue weighted by Gasteiger charge is 2.17. The van der Waals surface area contributed by atoms with Crippen LogP contribution in [0, 0.1) is 10.1 Å². The Kier molecular flexibility index (Phi) is 3.63. The first-order chi connectivity index (χ1) is 10.6. The number of fused-ring (bicyclic) bond motifs is 1. The van der Waals surface area contributed by atoms with Gasteiger partial charge < -0.3 is 0 Å². The zero-order valence-electron chi connectivity index (χ0n) is 12.6. The van der Waals surface area contributed by atoms with Gasteiger partial charge in [-0.15, -0.1) is 0 Å². The van der Waals surface area contributed by atoms with Gasteiger partial charge in [-0.2, -0.15) is 0 Å². The third kappa shape index (κ3) is 2.58. The lowest BCUT2D eigenvalue weighted by molar-refractivity contribution is -0.385. The highest BCUT2D eigenvalue weighted by molar-refractivity contribution is 5.87. The molecule has 0 spiro atoms. The molecular weight excluding hydrogens is 274 g/mol. The second-order valence-corrected chi connectivity index (χ2v) is 5.75. The zero-order chi connectivity index (χ0) is 15.7. The summed E-state index contributed by atoms with van der Waals surface area (Å²) in [4.78, 5) is 10.8. The van der Waals surface area contributed by atoms with E-state index in [2.05, 4.69) is 30.3 Å². The molecule has 3 aromatic carbocycles. The van der Waals surface area contributed by atoms with E-state index in [4.69, 9.17) is 0 Å². The van der Waals surface area contributed by atoms with Crippen LogP contribution in [0.5, 0.6) is 0 Å². The molecule has 0 saturated heterocycles. The number of nitro benzene ring substituents is 1. The molecule has 0 saturated carbocycles. The lowest BCUT2D eigenvalue weighted by Crippen LogP contribution is -1.97. The Bertz CT molecular complexity index is 853. The van der Waals surface area contributed by atoms with E-state index in [1.807, 2.05) is 38.1 Å². The Morgan fingerprint density at radius 2 is 1.50 bits per heavy atom. The molecule has 0 atom stereocenters. The van der Waals surface area contributed by atoms with E-state index >= 15 is 0 Å². The van der Waals surface area contributed by atoms with Crippen molar-refractivity contribution in [1.82, 2.24) is 0 Å². The number of nitrogens with zero attached hydrogens (tertiary/aromatic N) is 1. The van der Waals surface area contributed by atoms with Gasteiger partial charge in [-0.05, 0) is 46.0 Å². The van der Waals surface area contributed by atoms with Crippen molar-refractivity contribution < 1.29 is 4.92 Å². The molecule has 0 bridgehead atoms. The van der Waals surface area contributed by atoms with Gasteiger partial charge in [0.1, 0.15) is 0 Å². The first-order valence-electron chi connectivity index (χ1n) is 7.34. The van der Waals surface area contributed by atoms with E-state index in [-0.39, 0.29) is 16.5 Å². The molecule has 0 amide bonds. The van der Waals surface area contributed by atoms with Gasteiger partial charge in [0.15, 0.2) is 0 Å². The fourth-order valence-electron chi connectivity index (χ4n) is 2.73. The highest BCUT2D eigenvalue weighted by Crippen LogP contribution is 2.32. The molecule has 0 aliphatic heterocycles. The molecule has 3 heteroatoms. The topological polar surface area (TPSA) is 43.1 Å². The van der Waals surface area contributed by atoms with Crippen LogP contribution in [0.25, 0.3) is 21.9 Å². The minimum Gasteiger partial charge on any atom is -0.258 e. The van der Waals surface area contributed by atoms with Gasteiger partial charge in [-0.1, -0.05) is 50.2 Å². The lowest BCUT2D eigenvalue weighted by atomic mass is 9.94. The van der Waals surface area contributed by atoms with Crippen LogP contribution in [0.1, 0.15) is 25.3 Å². The molecule has 3 rings (SSSR count). The van der Waals surface area contributed by atoms with E-state index < -0.39 is 0 Å². The first kappa shape index (κ1) is 14.3. The summed E-state index contributed by atoms with van der Waals surface area (Å²) < 4.78 is 0. The molecule has 22 heavy (non-hydrogen) atoms. The van der Waals surface area contributed by atoms with Crippen molar-refractivity contribution in [2.24, 2.45) is 0 Å². The van der Waals surface area contributed by atoms with Gasteiger partial charge in [0.2, 0.25) is 0 Å². The first-order valence-corrected chi connectivity index (χ1v) is 7.34. The average Bonchev–Trinajstić information content (AvgIpc) is 2.53. The molecule has 0 aliphatic carbocycles. The van der Waals surface area contributed by atoms with Crippen molar-refractivity contribution in [3.05, 3.63) is 76.3 Å². The third-order valence-corrected chi connectivity index (χ3v) is 3.93. The maximum absolute atomic E-state index is 11.2. The molecular formula is C19H17NO2. The van der Waals surface area contributed by atoms with Gasteiger partial charge >= 0.3 is 0 Å². The maximum atomic E-state index is 11.2. The Hall–Kier alpha value is -2.68. The minimum absolute atomic E-state index is 0.112. The lowest BCUT2D eigenvalue weighted by Gasteiger charge is -2.10. The summed E-state index contributed by atoms with van der Waals surface area (Å²) in [6, 6.07) is 19.8. The smallest absolute Gasteiger partial charge is 0.258 e. The predicted molar refractivity (Wildman–Crippen MR) is 90.1 cm³/mol. The molecule has 3 nitrogen and oxygen atoms in total. The van der Waals surface area contributed by atoms with E-state index in [1.165, 1.54) is 10.8 Å². The molecule has 0 unspecified atom stereocenters. The molecule has 0 N–H and O–H groups in total. The van der Waals surface area contributed by atoms with Crippen LogP contribution >= 0.6 is 0 Å². The summed E-state index contributed by atoms with van der Waals surface area (Å²) in [5.74, 6) is 0.112. The molecule has 0 aliphatic rings. The van der Waals surface area contributed by atoms with Crippen molar-refractivity contribution in [2.45, 2.75) is 19.8 Å². The number of hydrogen-bond acceptors (Lipinski definition) is 2. The zero-order valence-corrected chi connectivity index (χ0v) is 12.6. The SMILES string of the molecule is CC(C)c1cc(-c2ccc3ccccc3c2)ccc1[N+](=O)[O-]. The quantitative estimate of drug-likeness (QED) is 0.470. The summed E-state index contributed by atoms with van der Waals surface area (Å²) in [5, 5.41) is 13.5. The summed E-state index contributed by atoms with van der Waals surface area (Å²) in [6.07, 6.45) is 0. The fraction of sp³-hybridized carbons (Fsp3) is 0.158. The fourth-order valence-corrected chi connectivity index (χ4v) is 2.73. The normalized spacial score (nSPS) is 11.0. The number of rotatable bonds is 3. The summed E-state index contributed by atoms with van der Waals surface area (Å²) in [6.45, 7) is 3.96. The van der Waals surface area contributed by atoms with Crippen molar-refractivity contribution in [1.29, 1.82) is 0 Å². The van der Waals surface area contributed by atoms with Crippen LogP contribution in [-0.4, -0.2) is 4.92 Å². The second-order valence-electron chi connectivity index (χ2n) is 5.75. The number of benzene rings is 3. The Labute approximate surface area is 129 Å². The Balaban J connectivity index is 2.14. The summed E-state index contributed by atoms with van der Waals surface area (Å²) in [7, 11) is 0. The van der Waals surface area contributed by atoms with Crippen LogP contribution in [0.2, 0.25) is 0 Å². The molecule has 0 heterocycles. The van der Waals surface area contributed by atoms with Gasteiger partial charge in [0.05, 0.1) is 4.92 Å². The van der Waals surface area contributed by atoms with Crippen LogP contribution < -0.4 is 0 Å². The third-order valence-electron chi connectivity index (χ3n) is 3.93. The van der Waals surface area contributed by atoms with Crippen LogP contribution in [0.4, 0.5) is 5.69 Å². The van der Waals surface area contributed by atoms with Crippen molar-refractivity contribution in [3.63, 3.8) is 0 Å². The van der Waals surface area contributed by atoms with Crippen LogP contribution in [0.3, 0.4) is 0 Å². The maximum Gasteiger partial charge on any atom is 0.272 e. The summed E-state index contributed by atoms with van der Waals surface area (Å²) in [5.41, 5.74) is 3.06. The number of nitro groups is 1.